The number of aromatic nitrogens is 1. The van der Waals surface area contributed by atoms with Gasteiger partial charge in [-0.2, -0.15) is 4.31 Å². The first-order valence-electron chi connectivity index (χ1n) is 7.51. The molecule has 1 saturated heterocycles. The summed E-state index contributed by atoms with van der Waals surface area (Å²) in [6, 6.07) is 6.29. The standard InChI is InChI=1S/C16H17F2N3O2S/c1-12-3-2-6-19-16(12)20-7-9-21(10-8-20)24(22,23)15-5-4-13(17)11-14(15)18/h2-6,11H,7-10H2,1H3. The highest BCUT2D eigenvalue weighted by Crippen LogP contribution is 2.23. The highest BCUT2D eigenvalue weighted by molar-refractivity contribution is 7.89. The maximum Gasteiger partial charge on any atom is 0.246 e. The first-order valence-corrected chi connectivity index (χ1v) is 8.95. The molecule has 1 aliphatic heterocycles. The Kier molecular flexibility index (Phi) is 4.51. The van der Waals surface area contributed by atoms with Gasteiger partial charge in [-0.05, 0) is 30.7 Å². The van der Waals surface area contributed by atoms with Gasteiger partial charge in [0, 0.05) is 38.4 Å². The molecule has 1 fully saturated rings. The maximum absolute atomic E-state index is 13.8. The Morgan fingerprint density at radius 3 is 2.42 bits per heavy atom. The van der Waals surface area contributed by atoms with Crippen LogP contribution >= 0.6 is 0 Å². The van der Waals surface area contributed by atoms with Crippen molar-refractivity contribution in [2.75, 3.05) is 31.1 Å². The number of hydrogen-bond acceptors (Lipinski definition) is 4. The average molecular weight is 353 g/mol. The number of halogens is 2. The lowest BCUT2D eigenvalue weighted by atomic mass is 10.2. The van der Waals surface area contributed by atoms with E-state index in [9.17, 15) is 17.2 Å². The van der Waals surface area contributed by atoms with Crippen molar-refractivity contribution < 1.29 is 17.2 Å². The van der Waals surface area contributed by atoms with Crippen LogP contribution in [0.3, 0.4) is 0 Å². The van der Waals surface area contributed by atoms with Crippen LogP contribution in [0.15, 0.2) is 41.4 Å². The maximum atomic E-state index is 13.8. The molecular formula is C16H17F2N3O2S. The lowest BCUT2D eigenvalue weighted by Gasteiger charge is -2.35. The van der Waals surface area contributed by atoms with E-state index in [-0.39, 0.29) is 13.1 Å². The van der Waals surface area contributed by atoms with E-state index in [1.54, 1.807) is 6.20 Å². The zero-order valence-electron chi connectivity index (χ0n) is 13.1. The van der Waals surface area contributed by atoms with E-state index in [1.165, 1.54) is 4.31 Å². The molecule has 0 N–H and O–H groups in total. The van der Waals surface area contributed by atoms with Crippen molar-refractivity contribution in [3.05, 3.63) is 53.7 Å². The quantitative estimate of drug-likeness (QED) is 0.849. The summed E-state index contributed by atoms with van der Waals surface area (Å²) in [4.78, 5) is 5.84. The second-order valence-corrected chi connectivity index (χ2v) is 7.52. The lowest BCUT2D eigenvalue weighted by molar-refractivity contribution is 0.381. The molecule has 0 unspecified atom stereocenters. The number of rotatable bonds is 3. The second kappa shape index (κ2) is 6.45. The van der Waals surface area contributed by atoms with Gasteiger partial charge >= 0.3 is 0 Å². The Labute approximate surface area is 139 Å². The minimum absolute atomic E-state index is 0.217. The van der Waals surface area contributed by atoms with Crippen LogP contribution in [0.2, 0.25) is 0 Å². The third-order valence-corrected chi connectivity index (χ3v) is 5.96. The molecule has 8 heteroatoms. The normalized spacial score (nSPS) is 16.4. The van der Waals surface area contributed by atoms with Gasteiger partial charge in [0.15, 0.2) is 0 Å². The predicted molar refractivity (Wildman–Crippen MR) is 86.3 cm³/mol. The first kappa shape index (κ1) is 16.8. The van der Waals surface area contributed by atoms with E-state index in [4.69, 9.17) is 0 Å². The SMILES string of the molecule is Cc1cccnc1N1CCN(S(=O)(=O)c2ccc(F)cc2F)CC1. The molecule has 5 nitrogen and oxygen atoms in total. The fourth-order valence-corrected chi connectivity index (χ4v) is 4.24. The number of anilines is 1. The van der Waals surface area contributed by atoms with E-state index in [1.807, 2.05) is 24.0 Å². The van der Waals surface area contributed by atoms with Crippen LogP contribution in [0, 0.1) is 18.6 Å². The summed E-state index contributed by atoms with van der Waals surface area (Å²) in [5.41, 5.74) is 1.01. The van der Waals surface area contributed by atoms with Crippen LogP contribution in [-0.4, -0.2) is 43.9 Å². The van der Waals surface area contributed by atoms with Gasteiger partial charge in [0.2, 0.25) is 10.0 Å². The molecule has 0 saturated carbocycles. The number of aryl methyl sites for hydroxylation is 1. The Bertz CT molecular complexity index is 850. The van der Waals surface area contributed by atoms with Crippen molar-refractivity contribution in [3.8, 4) is 0 Å². The third kappa shape index (κ3) is 3.11. The molecule has 2 heterocycles. The van der Waals surface area contributed by atoms with Gasteiger partial charge in [0.25, 0.3) is 0 Å². The lowest BCUT2D eigenvalue weighted by Crippen LogP contribution is -2.49. The number of pyridine rings is 1. The van der Waals surface area contributed by atoms with Crippen molar-refractivity contribution in [1.82, 2.24) is 9.29 Å². The van der Waals surface area contributed by atoms with Crippen LogP contribution in [0.5, 0.6) is 0 Å². The van der Waals surface area contributed by atoms with Gasteiger partial charge in [-0.15, -0.1) is 0 Å². The summed E-state index contributed by atoms with van der Waals surface area (Å²) >= 11 is 0. The van der Waals surface area contributed by atoms with E-state index >= 15 is 0 Å². The summed E-state index contributed by atoms with van der Waals surface area (Å²) in [6.45, 7) is 3.30. The molecule has 1 aromatic carbocycles. The molecule has 0 bridgehead atoms. The molecule has 0 radical (unpaired) electrons. The second-order valence-electron chi connectivity index (χ2n) is 5.61. The summed E-state index contributed by atoms with van der Waals surface area (Å²) in [5.74, 6) is -1.05. The van der Waals surface area contributed by atoms with Gasteiger partial charge in [0.1, 0.15) is 22.3 Å². The van der Waals surface area contributed by atoms with E-state index in [0.29, 0.717) is 19.2 Å². The molecule has 24 heavy (non-hydrogen) atoms. The Morgan fingerprint density at radius 2 is 1.79 bits per heavy atom. The number of hydrogen-bond donors (Lipinski definition) is 0. The number of nitrogens with zero attached hydrogens (tertiary/aromatic N) is 3. The Balaban J connectivity index is 1.78. The van der Waals surface area contributed by atoms with Gasteiger partial charge < -0.3 is 4.90 Å². The van der Waals surface area contributed by atoms with Crippen molar-refractivity contribution in [1.29, 1.82) is 0 Å². The van der Waals surface area contributed by atoms with E-state index < -0.39 is 26.6 Å². The highest BCUT2D eigenvalue weighted by atomic mass is 32.2. The summed E-state index contributed by atoms with van der Waals surface area (Å²) in [5, 5.41) is 0. The van der Waals surface area contributed by atoms with Crippen LogP contribution < -0.4 is 4.90 Å². The van der Waals surface area contributed by atoms with Gasteiger partial charge in [0.05, 0.1) is 0 Å². The average Bonchev–Trinajstić information content (AvgIpc) is 2.55. The monoisotopic (exact) mass is 353 g/mol. The zero-order chi connectivity index (χ0) is 17.3. The van der Waals surface area contributed by atoms with Crippen molar-refractivity contribution in [2.45, 2.75) is 11.8 Å². The molecule has 2 aromatic rings. The van der Waals surface area contributed by atoms with Gasteiger partial charge in [-0.3, -0.25) is 0 Å². The molecule has 1 aliphatic rings. The summed E-state index contributed by atoms with van der Waals surface area (Å²) < 4.78 is 53.2. The van der Waals surface area contributed by atoms with Gasteiger partial charge in [-0.1, -0.05) is 6.07 Å². The minimum Gasteiger partial charge on any atom is -0.354 e. The number of sulfonamides is 1. The Morgan fingerprint density at radius 1 is 1.08 bits per heavy atom. The van der Waals surface area contributed by atoms with Crippen LogP contribution in [0.25, 0.3) is 0 Å². The van der Waals surface area contributed by atoms with Crippen molar-refractivity contribution >= 4 is 15.8 Å². The number of benzene rings is 1. The van der Waals surface area contributed by atoms with Crippen molar-refractivity contribution in [3.63, 3.8) is 0 Å². The largest absolute Gasteiger partial charge is 0.354 e. The van der Waals surface area contributed by atoms with Crippen LogP contribution in [0.4, 0.5) is 14.6 Å². The topological polar surface area (TPSA) is 53.5 Å². The van der Waals surface area contributed by atoms with E-state index in [0.717, 1.165) is 23.5 Å². The third-order valence-electron chi connectivity index (χ3n) is 4.03. The minimum atomic E-state index is -3.98. The molecule has 3 rings (SSSR count). The Hall–Kier alpha value is -2.06. The zero-order valence-corrected chi connectivity index (χ0v) is 13.9. The molecular weight excluding hydrogens is 336 g/mol. The van der Waals surface area contributed by atoms with Gasteiger partial charge in [-0.25, -0.2) is 22.2 Å². The molecule has 0 spiro atoms. The summed E-state index contributed by atoms with van der Waals surface area (Å²) in [6.07, 6.45) is 1.69. The van der Waals surface area contributed by atoms with Crippen molar-refractivity contribution in [2.24, 2.45) is 0 Å². The first-order chi connectivity index (χ1) is 11.4. The molecule has 0 amide bonds. The predicted octanol–water partition coefficient (Wildman–Crippen LogP) is 2.18. The molecule has 1 aromatic heterocycles. The molecule has 0 aliphatic carbocycles. The molecule has 0 atom stereocenters. The smallest absolute Gasteiger partial charge is 0.246 e. The number of piperazine rings is 1. The summed E-state index contributed by atoms with van der Waals surface area (Å²) in [7, 11) is -3.98. The van der Waals surface area contributed by atoms with E-state index in [2.05, 4.69) is 4.98 Å². The highest BCUT2D eigenvalue weighted by Gasteiger charge is 2.31. The van der Waals surface area contributed by atoms with Crippen LogP contribution in [-0.2, 0) is 10.0 Å². The fraction of sp³-hybridized carbons (Fsp3) is 0.312. The fourth-order valence-electron chi connectivity index (χ4n) is 2.77. The van der Waals surface area contributed by atoms with Crippen LogP contribution in [0.1, 0.15) is 5.56 Å². The molecule has 128 valence electrons.